The molecule has 0 spiro atoms. The fourth-order valence-corrected chi connectivity index (χ4v) is 5.61. The van der Waals surface area contributed by atoms with E-state index < -0.39 is 16.6 Å². The van der Waals surface area contributed by atoms with Crippen molar-refractivity contribution in [3.05, 3.63) is 108 Å². The predicted octanol–water partition coefficient (Wildman–Crippen LogP) is 2.95. The Kier molecular flexibility index (Phi) is 4.82. The van der Waals surface area contributed by atoms with Crippen LogP contribution >= 0.6 is 0 Å². The van der Waals surface area contributed by atoms with E-state index in [-0.39, 0.29) is 5.78 Å². The van der Waals surface area contributed by atoms with E-state index in [1.165, 1.54) is 0 Å². The van der Waals surface area contributed by atoms with E-state index >= 15 is 0 Å². The molecule has 3 aromatic rings. The molecule has 0 saturated carbocycles. The van der Waals surface area contributed by atoms with Crippen molar-refractivity contribution in [2.45, 2.75) is 32.0 Å². The Bertz CT molecular complexity index is 1840. The van der Waals surface area contributed by atoms with Crippen molar-refractivity contribution in [2.75, 3.05) is 0 Å². The van der Waals surface area contributed by atoms with Crippen LogP contribution in [0.1, 0.15) is 20.8 Å². The van der Waals surface area contributed by atoms with E-state index in [4.69, 9.17) is 15.1 Å². The molecule has 1 saturated heterocycles. The lowest BCUT2D eigenvalue weighted by Gasteiger charge is -2.25. The van der Waals surface area contributed by atoms with Crippen LogP contribution in [-0.2, 0) is 10.5 Å². The molecule has 2 unspecified atom stereocenters. The number of nitrogens with zero attached hydrogens (tertiary/aromatic N) is 5. The van der Waals surface area contributed by atoms with Gasteiger partial charge in [0.05, 0.1) is 28.7 Å². The number of aromatic amines is 1. The van der Waals surface area contributed by atoms with Crippen LogP contribution in [0.4, 0.5) is 0 Å². The van der Waals surface area contributed by atoms with Crippen molar-refractivity contribution in [3.63, 3.8) is 0 Å². The third-order valence-electron chi connectivity index (χ3n) is 7.67. The summed E-state index contributed by atoms with van der Waals surface area (Å²) in [5.74, 6) is 0.0667. The summed E-state index contributed by atoms with van der Waals surface area (Å²) < 4.78 is 1.84. The molecule has 8 heteroatoms. The molecule has 3 aromatic heterocycles. The molecule has 0 aromatic carbocycles. The molecular weight excluding hydrogens is 486 g/mol. The molecule has 7 rings (SSSR count). The maximum absolute atomic E-state index is 13.8. The number of aliphatic imine (C=N–C) groups is 2. The molecule has 0 radical (unpaired) electrons. The number of carbonyl (C=O) groups excluding carboxylic acids is 1. The number of hydrogen-bond donors (Lipinski definition) is 2. The van der Waals surface area contributed by atoms with Gasteiger partial charge >= 0.3 is 0 Å². The minimum Gasteiger partial charge on any atom is -0.372 e. The van der Waals surface area contributed by atoms with Crippen molar-refractivity contribution in [2.24, 2.45) is 15.4 Å². The van der Waals surface area contributed by atoms with Gasteiger partial charge in [-0.25, -0.2) is 14.7 Å². The first-order chi connectivity index (χ1) is 18.7. The van der Waals surface area contributed by atoms with Crippen LogP contribution in [0.5, 0.6) is 0 Å². The second-order valence-electron chi connectivity index (χ2n) is 11.0. The fourth-order valence-electron chi connectivity index (χ4n) is 5.61. The summed E-state index contributed by atoms with van der Waals surface area (Å²) in [5.41, 5.74) is 2.35. The number of hydrogen-bond acceptors (Lipinski definition) is 6. The first-order valence-corrected chi connectivity index (χ1v) is 12.9. The van der Waals surface area contributed by atoms with Crippen LogP contribution in [0.25, 0.3) is 23.3 Å². The number of H-pyrrole nitrogens is 1. The normalized spacial score (nSPS) is 26.3. The lowest BCUT2D eigenvalue weighted by atomic mass is 9.80. The zero-order valence-corrected chi connectivity index (χ0v) is 21.9. The lowest BCUT2D eigenvalue weighted by molar-refractivity contribution is -0.126. The molecule has 4 aliphatic heterocycles. The molecule has 8 bridgehead atoms. The summed E-state index contributed by atoms with van der Waals surface area (Å²) in [7, 11) is 0. The summed E-state index contributed by atoms with van der Waals surface area (Å²) in [4.78, 5) is 31.4. The Hall–Kier alpha value is -4.85. The van der Waals surface area contributed by atoms with Crippen LogP contribution in [0.3, 0.4) is 0 Å². The number of allylic oxidation sites excluding steroid dienone is 4. The summed E-state index contributed by atoms with van der Waals surface area (Å²) in [5, 5.41) is 10.1. The third kappa shape index (κ3) is 3.79. The number of carbonyl (C=O) groups is 1. The quantitative estimate of drug-likeness (QED) is 0.550. The number of fused-ring (bicyclic) bond motifs is 6. The smallest absolute Gasteiger partial charge is 0.192 e. The first kappa shape index (κ1) is 23.3. The van der Waals surface area contributed by atoms with E-state index in [0.29, 0.717) is 0 Å². The number of aromatic nitrogens is 4. The maximum Gasteiger partial charge on any atom is 0.192 e. The molecule has 4 aliphatic rings. The highest BCUT2D eigenvalue weighted by Gasteiger charge is 2.52. The third-order valence-corrected chi connectivity index (χ3v) is 7.67. The standard InChI is InChI=1S/C31H27N7O/c1-29(2)27-16-31(38-19-21(18-33-38)20-5-4-12-32-17-20)11-10-25(36-31)14-24-7-6-22(34-24)13-23-8-9-26(35-23)15-30(3,37-27)28(29)39/h4-19,34,37H,1-3H3. The molecule has 8 nitrogen and oxygen atoms in total. The van der Waals surface area contributed by atoms with Gasteiger partial charge in [0.1, 0.15) is 5.54 Å². The fraction of sp³-hybridized carbons (Fsp3) is 0.194. The zero-order valence-electron chi connectivity index (χ0n) is 21.9. The summed E-state index contributed by atoms with van der Waals surface area (Å²) in [6.07, 6.45) is 23.2. The second kappa shape index (κ2) is 8.07. The molecular formula is C31H27N7O. The number of nitrogens with one attached hydrogen (secondary N) is 2. The Labute approximate surface area is 225 Å². The Morgan fingerprint density at radius 1 is 0.897 bits per heavy atom. The molecule has 2 N–H and O–H groups in total. The van der Waals surface area contributed by atoms with Crippen LogP contribution in [0, 0.1) is 5.41 Å². The van der Waals surface area contributed by atoms with E-state index in [9.17, 15) is 4.79 Å². The highest BCUT2D eigenvalue weighted by molar-refractivity contribution is 6.20. The van der Waals surface area contributed by atoms with Gasteiger partial charge in [-0.1, -0.05) is 6.07 Å². The van der Waals surface area contributed by atoms with E-state index in [2.05, 4.69) is 15.3 Å². The number of rotatable bonds is 2. The SMILES string of the molecule is CC12C=C3C=CC(=N3)C=c3ccc([nH]3)=CC3=NC(n4cc(-c5cccnc5)cn4)(C=C3)C=C(N1)C(C)(C)C2=O. The van der Waals surface area contributed by atoms with Crippen LogP contribution in [0.15, 0.2) is 107 Å². The summed E-state index contributed by atoms with van der Waals surface area (Å²) in [6, 6.07) is 7.94. The van der Waals surface area contributed by atoms with Gasteiger partial charge in [0.15, 0.2) is 11.4 Å². The van der Waals surface area contributed by atoms with Gasteiger partial charge in [-0.05, 0) is 87.6 Å². The van der Waals surface area contributed by atoms with Crippen molar-refractivity contribution in [1.82, 2.24) is 25.1 Å². The van der Waals surface area contributed by atoms with Crippen molar-refractivity contribution < 1.29 is 4.79 Å². The highest BCUT2D eigenvalue weighted by atomic mass is 16.1. The van der Waals surface area contributed by atoms with E-state index in [0.717, 1.165) is 44.6 Å². The van der Waals surface area contributed by atoms with Gasteiger partial charge in [0.2, 0.25) is 0 Å². The van der Waals surface area contributed by atoms with Crippen LogP contribution < -0.4 is 16.0 Å². The monoisotopic (exact) mass is 513 g/mol. The molecule has 7 heterocycles. The van der Waals surface area contributed by atoms with Crippen molar-refractivity contribution >= 4 is 29.4 Å². The number of Topliss-reactive ketones (excluding diaryl/α,β-unsaturated/α-hetero) is 1. The van der Waals surface area contributed by atoms with E-state index in [1.807, 2.05) is 117 Å². The van der Waals surface area contributed by atoms with Gasteiger partial charge in [-0.3, -0.25) is 9.78 Å². The van der Waals surface area contributed by atoms with Gasteiger partial charge in [-0.15, -0.1) is 0 Å². The van der Waals surface area contributed by atoms with Gasteiger partial charge in [0.25, 0.3) is 0 Å². The molecule has 192 valence electrons. The summed E-state index contributed by atoms with van der Waals surface area (Å²) in [6.45, 7) is 5.81. The predicted molar refractivity (Wildman–Crippen MR) is 152 cm³/mol. The Morgan fingerprint density at radius 2 is 1.72 bits per heavy atom. The van der Waals surface area contributed by atoms with Gasteiger partial charge < -0.3 is 10.3 Å². The molecule has 1 fully saturated rings. The molecule has 39 heavy (non-hydrogen) atoms. The first-order valence-electron chi connectivity index (χ1n) is 12.9. The highest BCUT2D eigenvalue weighted by Crippen LogP contribution is 2.42. The molecule has 2 atom stereocenters. The second-order valence-corrected chi connectivity index (χ2v) is 11.0. The van der Waals surface area contributed by atoms with Gasteiger partial charge in [0, 0.05) is 46.1 Å². The van der Waals surface area contributed by atoms with Crippen molar-refractivity contribution in [1.29, 1.82) is 0 Å². The minimum atomic E-state index is -0.970. The van der Waals surface area contributed by atoms with E-state index in [1.54, 1.807) is 6.20 Å². The molecule has 0 aliphatic carbocycles. The molecule has 0 amide bonds. The van der Waals surface area contributed by atoms with Crippen molar-refractivity contribution in [3.8, 4) is 11.1 Å². The largest absolute Gasteiger partial charge is 0.372 e. The summed E-state index contributed by atoms with van der Waals surface area (Å²) >= 11 is 0. The van der Waals surface area contributed by atoms with Gasteiger partial charge in [-0.2, -0.15) is 5.10 Å². The van der Waals surface area contributed by atoms with Crippen LogP contribution in [0.2, 0.25) is 0 Å². The number of ketones is 1. The Balaban J connectivity index is 1.45. The lowest BCUT2D eigenvalue weighted by Crippen LogP contribution is -2.41. The topological polar surface area (TPSA) is 100 Å². The Morgan fingerprint density at radius 3 is 2.51 bits per heavy atom. The van der Waals surface area contributed by atoms with Crippen LogP contribution in [-0.4, -0.2) is 42.5 Å². The average Bonchev–Trinajstić information content (AvgIpc) is 3.73. The average molecular weight is 514 g/mol. The zero-order chi connectivity index (χ0) is 26.8. The minimum absolute atomic E-state index is 0.0667. The maximum atomic E-state index is 13.8. The number of pyridine rings is 1.